The van der Waals surface area contributed by atoms with Crippen LogP contribution in [0.25, 0.3) is 0 Å². The van der Waals surface area contributed by atoms with Crippen molar-refractivity contribution < 1.29 is 14.6 Å². The van der Waals surface area contributed by atoms with Gasteiger partial charge in [-0.1, -0.05) is 45.4 Å². The molecule has 1 N–H and O–H groups in total. The predicted octanol–water partition coefficient (Wildman–Crippen LogP) is 3.58. The summed E-state index contributed by atoms with van der Waals surface area (Å²) < 4.78 is 5.28. The van der Waals surface area contributed by atoms with Crippen LogP contribution in [0, 0.1) is 0 Å². The van der Waals surface area contributed by atoms with Gasteiger partial charge in [0.25, 0.3) is 0 Å². The summed E-state index contributed by atoms with van der Waals surface area (Å²) in [7, 11) is 0. The number of aliphatic hydroxyl groups excluding tert-OH is 1. The normalized spacial score (nSPS) is 24.7. The van der Waals surface area contributed by atoms with Crippen molar-refractivity contribution >= 4 is 5.97 Å². The van der Waals surface area contributed by atoms with E-state index < -0.39 is 6.10 Å². The third-order valence-corrected chi connectivity index (χ3v) is 3.68. The number of aliphatic hydroxyl groups is 1. The SMILES string of the molecule is CCCCCCCCC[C@@H]1OC(=O)CCC[C@@H]1O. The summed E-state index contributed by atoms with van der Waals surface area (Å²) in [5.74, 6) is -0.139. The molecule has 0 aromatic heterocycles. The van der Waals surface area contributed by atoms with Gasteiger partial charge in [0.15, 0.2) is 0 Å². The van der Waals surface area contributed by atoms with Crippen LogP contribution < -0.4 is 0 Å². The van der Waals surface area contributed by atoms with Gasteiger partial charge in [0.2, 0.25) is 0 Å². The highest BCUT2D eigenvalue weighted by Crippen LogP contribution is 2.20. The summed E-state index contributed by atoms with van der Waals surface area (Å²) in [6.45, 7) is 2.22. The van der Waals surface area contributed by atoms with Crippen LogP contribution in [0.2, 0.25) is 0 Å². The van der Waals surface area contributed by atoms with Crippen LogP contribution in [0.4, 0.5) is 0 Å². The number of ether oxygens (including phenoxy) is 1. The van der Waals surface area contributed by atoms with Crippen molar-refractivity contribution in [1.82, 2.24) is 0 Å². The molecule has 1 aliphatic heterocycles. The first-order valence-corrected chi connectivity index (χ1v) is 7.61. The molecule has 0 aromatic rings. The van der Waals surface area contributed by atoms with E-state index >= 15 is 0 Å². The Labute approximate surface area is 111 Å². The molecule has 1 heterocycles. The molecule has 18 heavy (non-hydrogen) atoms. The van der Waals surface area contributed by atoms with Gasteiger partial charge in [-0.3, -0.25) is 4.79 Å². The van der Waals surface area contributed by atoms with E-state index in [-0.39, 0.29) is 12.1 Å². The van der Waals surface area contributed by atoms with E-state index in [1.165, 1.54) is 38.5 Å². The van der Waals surface area contributed by atoms with Gasteiger partial charge in [0, 0.05) is 6.42 Å². The third-order valence-electron chi connectivity index (χ3n) is 3.68. The molecular weight excluding hydrogens is 228 g/mol. The minimum Gasteiger partial charge on any atom is -0.460 e. The Balaban J connectivity index is 2.07. The molecule has 0 aliphatic carbocycles. The second kappa shape index (κ2) is 9.37. The van der Waals surface area contributed by atoms with Crippen molar-refractivity contribution in [3.05, 3.63) is 0 Å². The fraction of sp³-hybridized carbons (Fsp3) is 0.933. The zero-order valence-electron chi connectivity index (χ0n) is 11.7. The number of carbonyl (C=O) groups is 1. The summed E-state index contributed by atoms with van der Waals surface area (Å²) in [6, 6.07) is 0. The number of cyclic esters (lactones) is 1. The molecule has 1 aliphatic rings. The monoisotopic (exact) mass is 256 g/mol. The Morgan fingerprint density at radius 2 is 1.83 bits per heavy atom. The lowest BCUT2D eigenvalue weighted by Crippen LogP contribution is -2.28. The maximum atomic E-state index is 11.3. The number of carbonyl (C=O) groups excluding carboxylic acids is 1. The largest absolute Gasteiger partial charge is 0.460 e. The minimum absolute atomic E-state index is 0.139. The first-order chi connectivity index (χ1) is 8.74. The molecule has 3 heteroatoms. The van der Waals surface area contributed by atoms with Crippen molar-refractivity contribution in [3.63, 3.8) is 0 Å². The molecular formula is C15H28O3. The van der Waals surface area contributed by atoms with Crippen LogP contribution in [0.3, 0.4) is 0 Å². The van der Waals surface area contributed by atoms with Crippen LogP contribution in [0.1, 0.15) is 77.6 Å². The van der Waals surface area contributed by atoms with Crippen molar-refractivity contribution in [2.75, 3.05) is 0 Å². The highest BCUT2D eigenvalue weighted by Gasteiger charge is 2.25. The molecule has 3 nitrogen and oxygen atoms in total. The van der Waals surface area contributed by atoms with E-state index in [0.29, 0.717) is 12.8 Å². The van der Waals surface area contributed by atoms with E-state index in [1.807, 2.05) is 0 Å². The van der Waals surface area contributed by atoms with Crippen LogP contribution >= 0.6 is 0 Å². The number of hydrogen-bond acceptors (Lipinski definition) is 3. The smallest absolute Gasteiger partial charge is 0.306 e. The first-order valence-electron chi connectivity index (χ1n) is 7.61. The number of unbranched alkanes of at least 4 members (excludes halogenated alkanes) is 6. The molecule has 1 fully saturated rings. The van der Waals surface area contributed by atoms with Crippen LogP contribution in [0.15, 0.2) is 0 Å². The quantitative estimate of drug-likeness (QED) is 0.533. The number of esters is 1. The molecule has 2 atom stereocenters. The zero-order valence-corrected chi connectivity index (χ0v) is 11.7. The van der Waals surface area contributed by atoms with E-state index in [1.54, 1.807) is 0 Å². The highest BCUT2D eigenvalue weighted by molar-refractivity contribution is 5.69. The van der Waals surface area contributed by atoms with E-state index in [4.69, 9.17) is 4.74 Å². The molecule has 0 spiro atoms. The van der Waals surface area contributed by atoms with Crippen LogP contribution in [-0.4, -0.2) is 23.3 Å². The van der Waals surface area contributed by atoms with Crippen molar-refractivity contribution in [1.29, 1.82) is 0 Å². The molecule has 0 amide bonds. The Bertz CT molecular complexity index is 228. The van der Waals surface area contributed by atoms with Gasteiger partial charge in [0.1, 0.15) is 6.10 Å². The lowest BCUT2D eigenvalue weighted by Gasteiger charge is -2.20. The Hall–Kier alpha value is -0.570. The summed E-state index contributed by atoms with van der Waals surface area (Å²) >= 11 is 0. The highest BCUT2D eigenvalue weighted by atomic mass is 16.6. The topological polar surface area (TPSA) is 46.5 Å². The summed E-state index contributed by atoms with van der Waals surface area (Å²) in [4.78, 5) is 11.3. The summed E-state index contributed by atoms with van der Waals surface area (Å²) in [5.41, 5.74) is 0. The van der Waals surface area contributed by atoms with Crippen molar-refractivity contribution in [3.8, 4) is 0 Å². The van der Waals surface area contributed by atoms with E-state index in [9.17, 15) is 9.90 Å². The van der Waals surface area contributed by atoms with E-state index in [0.717, 1.165) is 19.3 Å². The van der Waals surface area contributed by atoms with Crippen molar-refractivity contribution in [2.24, 2.45) is 0 Å². The molecule has 0 unspecified atom stereocenters. The van der Waals surface area contributed by atoms with E-state index in [2.05, 4.69) is 6.92 Å². The summed E-state index contributed by atoms with van der Waals surface area (Å²) in [6.07, 6.45) is 10.8. The second-order valence-electron chi connectivity index (χ2n) is 5.40. The summed E-state index contributed by atoms with van der Waals surface area (Å²) in [5, 5.41) is 9.86. The Morgan fingerprint density at radius 3 is 2.56 bits per heavy atom. The average Bonchev–Trinajstić information content (AvgIpc) is 2.50. The van der Waals surface area contributed by atoms with Crippen LogP contribution in [0.5, 0.6) is 0 Å². The number of hydrogen-bond donors (Lipinski definition) is 1. The predicted molar refractivity (Wildman–Crippen MR) is 72.3 cm³/mol. The standard InChI is InChI=1S/C15H28O3/c1-2-3-4-5-6-7-8-11-14-13(16)10-9-12-15(17)18-14/h13-14,16H,2-12H2,1H3/t13-,14-/m0/s1. The zero-order chi connectivity index (χ0) is 13.2. The molecule has 1 saturated heterocycles. The second-order valence-corrected chi connectivity index (χ2v) is 5.40. The first kappa shape index (κ1) is 15.5. The lowest BCUT2D eigenvalue weighted by molar-refractivity contribution is -0.152. The van der Waals surface area contributed by atoms with Gasteiger partial charge in [-0.2, -0.15) is 0 Å². The van der Waals surface area contributed by atoms with Gasteiger partial charge in [-0.05, 0) is 25.7 Å². The van der Waals surface area contributed by atoms with Gasteiger partial charge in [-0.25, -0.2) is 0 Å². The van der Waals surface area contributed by atoms with Gasteiger partial charge >= 0.3 is 5.97 Å². The Morgan fingerprint density at radius 1 is 1.17 bits per heavy atom. The molecule has 0 saturated carbocycles. The maximum absolute atomic E-state index is 11.3. The third kappa shape index (κ3) is 6.39. The fourth-order valence-corrected chi connectivity index (χ4v) is 2.50. The molecule has 1 rings (SSSR count). The Kier molecular flexibility index (Phi) is 8.06. The number of rotatable bonds is 8. The lowest BCUT2D eigenvalue weighted by atomic mass is 10.0. The fourth-order valence-electron chi connectivity index (χ4n) is 2.50. The van der Waals surface area contributed by atoms with Crippen LogP contribution in [-0.2, 0) is 9.53 Å². The molecule has 106 valence electrons. The molecule has 0 bridgehead atoms. The van der Waals surface area contributed by atoms with Gasteiger partial charge in [0.05, 0.1) is 6.10 Å². The molecule has 0 radical (unpaired) electrons. The maximum Gasteiger partial charge on any atom is 0.306 e. The van der Waals surface area contributed by atoms with Gasteiger partial charge in [-0.15, -0.1) is 0 Å². The van der Waals surface area contributed by atoms with Gasteiger partial charge < -0.3 is 9.84 Å². The van der Waals surface area contributed by atoms with Crippen molar-refractivity contribution in [2.45, 2.75) is 89.8 Å². The molecule has 0 aromatic carbocycles. The average molecular weight is 256 g/mol. The minimum atomic E-state index is -0.448.